The smallest absolute Gasteiger partial charge is 0.315 e. The van der Waals surface area contributed by atoms with Crippen LogP contribution in [-0.2, 0) is 6.54 Å². The third-order valence-electron chi connectivity index (χ3n) is 3.65. The lowest BCUT2D eigenvalue weighted by atomic mass is 10.0. The Labute approximate surface area is 136 Å². The summed E-state index contributed by atoms with van der Waals surface area (Å²) in [7, 11) is 0. The molecular weight excluding hydrogens is 292 g/mol. The van der Waals surface area contributed by atoms with Crippen molar-refractivity contribution in [2.75, 3.05) is 6.54 Å². The van der Waals surface area contributed by atoms with Crippen molar-refractivity contribution in [2.24, 2.45) is 5.92 Å². The number of carbonyl (C=O) groups excluding carboxylic acids is 1. The molecule has 0 aliphatic carbocycles. The molecule has 1 aromatic heterocycles. The van der Waals surface area contributed by atoms with Crippen LogP contribution in [-0.4, -0.2) is 33.6 Å². The summed E-state index contributed by atoms with van der Waals surface area (Å²) >= 11 is 0. The van der Waals surface area contributed by atoms with Gasteiger partial charge in [0.05, 0.1) is 11.8 Å². The lowest BCUT2D eigenvalue weighted by Crippen LogP contribution is -2.37. The number of aliphatic hydroxyl groups is 1. The molecule has 0 aliphatic rings. The van der Waals surface area contributed by atoms with Crippen LogP contribution in [0.15, 0.2) is 42.7 Å². The van der Waals surface area contributed by atoms with Gasteiger partial charge in [-0.2, -0.15) is 5.10 Å². The fourth-order valence-electron chi connectivity index (χ4n) is 2.10. The number of nitrogens with zero attached hydrogens (tertiary/aromatic N) is 2. The molecule has 2 aromatic rings. The van der Waals surface area contributed by atoms with Crippen LogP contribution in [0, 0.1) is 5.92 Å². The lowest BCUT2D eigenvalue weighted by molar-refractivity contribution is 0.116. The van der Waals surface area contributed by atoms with Gasteiger partial charge in [0.15, 0.2) is 0 Å². The van der Waals surface area contributed by atoms with E-state index in [2.05, 4.69) is 15.7 Å². The number of aromatic nitrogens is 2. The van der Waals surface area contributed by atoms with Gasteiger partial charge in [0, 0.05) is 25.5 Å². The first-order valence-electron chi connectivity index (χ1n) is 7.85. The highest BCUT2D eigenvalue weighted by Gasteiger charge is 2.09. The first-order valence-corrected chi connectivity index (χ1v) is 7.85. The SMILES string of the molecule is CC(C)C(O)CCNC(=O)NCc1ccc(-n2cccn2)cc1. The molecule has 6 nitrogen and oxygen atoms in total. The molecule has 23 heavy (non-hydrogen) atoms. The predicted octanol–water partition coefficient (Wildman–Crippen LogP) is 2.08. The summed E-state index contributed by atoms with van der Waals surface area (Å²) in [5.41, 5.74) is 1.99. The Hall–Kier alpha value is -2.34. The van der Waals surface area contributed by atoms with E-state index in [1.54, 1.807) is 10.9 Å². The van der Waals surface area contributed by atoms with E-state index in [0.717, 1.165) is 11.3 Å². The number of hydrogen-bond donors (Lipinski definition) is 3. The summed E-state index contributed by atoms with van der Waals surface area (Å²) in [6.07, 6.45) is 3.79. The van der Waals surface area contributed by atoms with Crippen LogP contribution in [0.5, 0.6) is 0 Å². The van der Waals surface area contributed by atoms with Crippen LogP contribution in [0.25, 0.3) is 5.69 Å². The third-order valence-corrected chi connectivity index (χ3v) is 3.65. The van der Waals surface area contributed by atoms with Crippen molar-refractivity contribution in [2.45, 2.75) is 32.9 Å². The Kier molecular flexibility index (Phi) is 6.17. The second-order valence-corrected chi connectivity index (χ2v) is 5.83. The summed E-state index contributed by atoms with van der Waals surface area (Å²) in [5.74, 6) is 0.202. The average molecular weight is 316 g/mol. The zero-order chi connectivity index (χ0) is 16.7. The fourth-order valence-corrected chi connectivity index (χ4v) is 2.10. The molecule has 1 aromatic carbocycles. The van der Waals surface area contributed by atoms with Crippen molar-refractivity contribution in [3.8, 4) is 5.69 Å². The molecule has 0 saturated carbocycles. The minimum absolute atomic E-state index is 0.202. The monoisotopic (exact) mass is 316 g/mol. The first-order chi connectivity index (χ1) is 11.1. The molecule has 0 fully saturated rings. The van der Waals surface area contributed by atoms with Gasteiger partial charge in [-0.1, -0.05) is 26.0 Å². The summed E-state index contributed by atoms with van der Waals surface area (Å²) in [6.45, 7) is 4.83. The summed E-state index contributed by atoms with van der Waals surface area (Å²) in [6, 6.07) is 9.48. The number of amides is 2. The molecule has 1 heterocycles. The second kappa shape index (κ2) is 8.33. The molecule has 124 valence electrons. The minimum atomic E-state index is -0.384. The van der Waals surface area contributed by atoms with Crippen molar-refractivity contribution >= 4 is 6.03 Å². The van der Waals surface area contributed by atoms with Crippen LogP contribution >= 0.6 is 0 Å². The van der Waals surface area contributed by atoms with Crippen LogP contribution in [0.1, 0.15) is 25.8 Å². The molecule has 3 N–H and O–H groups in total. The Morgan fingerprint density at radius 3 is 2.61 bits per heavy atom. The van der Waals surface area contributed by atoms with E-state index in [0.29, 0.717) is 19.5 Å². The van der Waals surface area contributed by atoms with Gasteiger partial charge in [0.1, 0.15) is 0 Å². The zero-order valence-electron chi connectivity index (χ0n) is 13.6. The maximum atomic E-state index is 11.7. The Morgan fingerprint density at radius 1 is 1.26 bits per heavy atom. The second-order valence-electron chi connectivity index (χ2n) is 5.83. The Morgan fingerprint density at radius 2 is 2.00 bits per heavy atom. The van der Waals surface area contributed by atoms with E-state index in [1.165, 1.54) is 0 Å². The van der Waals surface area contributed by atoms with E-state index >= 15 is 0 Å². The topological polar surface area (TPSA) is 79.2 Å². The van der Waals surface area contributed by atoms with E-state index in [1.807, 2.05) is 50.4 Å². The van der Waals surface area contributed by atoms with Crippen molar-refractivity contribution in [1.29, 1.82) is 0 Å². The standard InChI is InChI=1S/C17H24N4O2/c1-13(2)16(22)8-10-18-17(23)19-12-14-4-6-15(7-5-14)21-11-3-9-20-21/h3-7,9,11,13,16,22H,8,10,12H2,1-2H3,(H2,18,19,23). The normalized spacial score (nSPS) is 12.2. The van der Waals surface area contributed by atoms with Crippen molar-refractivity contribution in [3.63, 3.8) is 0 Å². The van der Waals surface area contributed by atoms with Gasteiger partial charge >= 0.3 is 6.03 Å². The number of carbonyl (C=O) groups is 1. The fraction of sp³-hybridized carbons (Fsp3) is 0.412. The molecule has 0 radical (unpaired) electrons. The number of benzene rings is 1. The molecule has 0 saturated heterocycles. The largest absolute Gasteiger partial charge is 0.393 e. The highest BCUT2D eigenvalue weighted by Crippen LogP contribution is 2.08. The molecule has 2 rings (SSSR count). The summed E-state index contributed by atoms with van der Waals surface area (Å²) < 4.78 is 1.78. The number of hydrogen-bond acceptors (Lipinski definition) is 3. The molecular formula is C17H24N4O2. The molecule has 2 amide bonds. The number of urea groups is 1. The van der Waals surface area contributed by atoms with Crippen LogP contribution in [0.4, 0.5) is 4.79 Å². The van der Waals surface area contributed by atoms with Crippen LogP contribution < -0.4 is 10.6 Å². The molecule has 0 aliphatic heterocycles. The van der Waals surface area contributed by atoms with Crippen LogP contribution in [0.2, 0.25) is 0 Å². The van der Waals surface area contributed by atoms with Crippen molar-refractivity contribution in [3.05, 3.63) is 48.3 Å². The number of aliphatic hydroxyl groups excluding tert-OH is 1. The van der Waals surface area contributed by atoms with Gasteiger partial charge < -0.3 is 15.7 Å². The van der Waals surface area contributed by atoms with Crippen LogP contribution in [0.3, 0.4) is 0 Å². The van der Waals surface area contributed by atoms with Gasteiger partial charge in [0.25, 0.3) is 0 Å². The lowest BCUT2D eigenvalue weighted by Gasteiger charge is -2.14. The maximum absolute atomic E-state index is 11.7. The molecule has 0 bridgehead atoms. The summed E-state index contributed by atoms with van der Waals surface area (Å²) in [5, 5.41) is 19.4. The zero-order valence-corrected chi connectivity index (χ0v) is 13.6. The van der Waals surface area contributed by atoms with Gasteiger partial charge in [-0.3, -0.25) is 0 Å². The van der Waals surface area contributed by atoms with Gasteiger partial charge in [-0.05, 0) is 36.1 Å². The number of rotatable bonds is 7. The predicted molar refractivity (Wildman–Crippen MR) is 89.3 cm³/mol. The van der Waals surface area contributed by atoms with E-state index < -0.39 is 0 Å². The Balaban J connectivity index is 1.72. The van der Waals surface area contributed by atoms with Crippen molar-refractivity contribution in [1.82, 2.24) is 20.4 Å². The van der Waals surface area contributed by atoms with E-state index in [4.69, 9.17) is 0 Å². The minimum Gasteiger partial charge on any atom is -0.393 e. The molecule has 1 atom stereocenters. The van der Waals surface area contributed by atoms with Gasteiger partial charge in [0.2, 0.25) is 0 Å². The third kappa shape index (κ3) is 5.41. The first kappa shape index (κ1) is 17.0. The van der Waals surface area contributed by atoms with Gasteiger partial charge in [-0.25, -0.2) is 9.48 Å². The van der Waals surface area contributed by atoms with Crippen molar-refractivity contribution < 1.29 is 9.90 Å². The van der Waals surface area contributed by atoms with E-state index in [9.17, 15) is 9.90 Å². The highest BCUT2D eigenvalue weighted by atomic mass is 16.3. The molecule has 6 heteroatoms. The molecule has 0 spiro atoms. The maximum Gasteiger partial charge on any atom is 0.315 e. The van der Waals surface area contributed by atoms with E-state index in [-0.39, 0.29) is 18.1 Å². The Bertz CT molecular complexity index is 594. The van der Waals surface area contributed by atoms with Gasteiger partial charge in [-0.15, -0.1) is 0 Å². The average Bonchev–Trinajstić information content (AvgIpc) is 3.07. The molecule has 1 unspecified atom stereocenters. The quantitative estimate of drug-likeness (QED) is 0.732. The number of nitrogens with one attached hydrogen (secondary N) is 2. The highest BCUT2D eigenvalue weighted by molar-refractivity contribution is 5.73. The summed E-state index contributed by atoms with van der Waals surface area (Å²) in [4.78, 5) is 11.7.